The fourth-order valence-corrected chi connectivity index (χ4v) is 5.72. The fraction of sp³-hybridized carbons (Fsp3) is 0.226. The quantitative estimate of drug-likeness (QED) is 0.291. The molecule has 1 aliphatic heterocycles. The predicted octanol–water partition coefficient (Wildman–Crippen LogP) is 5.43. The number of nitrogens with zero attached hydrogens (tertiary/aromatic N) is 5. The molecule has 6 rings (SSSR count). The zero-order valence-electron chi connectivity index (χ0n) is 23.0. The van der Waals surface area contributed by atoms with Crippen LogP contribution >= 0.6 is 11.6 Å². The van der Waals surface area contributed by atoms with Gasteiger partial charge in [0.15, 0.2) is 11.4 Å². The maximum absolute atomic E-state index is 13.3. The van der Waals surface area contributed by atoms with Gasteiger partial charge < -0.3 is 24.9 Å². The first-order valence-corrected chi connectivity index (χ1v) is 13.6. The van der Waals surface area contributed by atoms with Crippen molar-refractivity contribution in [3.8, 4) is 28.7 Å². The molecule has 1 amide bonds. The number of benzene rings is 3. The number of nitrogens with one attached hydrogen (secondary N) is 1. The number of likely N-dealkylation sites (N-methyl/N-ethyl adjacent to an activating group) is 1. The van der Waals surface area contributed by atoms with Crippen molar-refractivity contribution in [2.24, 2.45) is 12.8 Å². The standard InChI is InChI=1S/C31H28ClN7O2/c1-17-20(6-4-7-21(17)31-37-24-13-18(14-33)12-19(15-34)28(24)41-31)22-8-5-9-23(27(22)32)36-30(40)29-35-25-16-38(2)11-10-26(25)39(29)3/h4-9,12-13H,10-11,14,16,33H2,1-3H3,(H,36,40). The summed E-state index contributed by atoms with van der Waals surface area (Å²) in [5.41, 5.74) is 13.8. The number of amides is 1. The zero-order valence-corrected chi connectivity index (χ0v) is 23.7. The lowest BCUT2D eigenvalue weighted by Gasteiger charge is -2.21. The van der Waals surface area contributed by atoms with Crippen LogP contribution in [0.3, 0.4) is 0 Å². The molecular weight excluding hydrogens is 538 g/mol. The smallest absolute Gasteiger partial charge is 0.291 e. The second kappa shape index (κ2) is 10.5. The molecule has 41 heavy (non-hydrogen) atoms. The van der Waals surface area contributed by atoms with Crippen molar-refractivity contribution in [1.29, 1.82) is 5.26 Å². The number of anilines is 1. The van der Waals surface area contributed by atoms with E-state index < -0.39 is 0 Å². The molecule has 0 bridgehead atoms. The van der Waals surface area contributed by atoms with Crippen molar-refractivity contribution >= 4 is 34.3 Å². The number of imidazole rings is 1. The Bertz CT molecular complexity index is 1880. The number of hydrogen-bond donors (Lipinski definition) is 2. The predicted molar refractivity (Wildman–Crippen MR) is 158 cm³/mol. The van der Waals surface area contributed by atoms with Crippen LogP contribution < -0.4 is 11.1 Å². The number of nitriles is 1. The maximum atomic E-state index is 13.3. The first-order valence-electron chi connectivity index (χ1n) is 13.3. The van der Waals surface area contributed by atoms with Crippen molar-refractivity contribution in [1.82, 2.24) is 19.4 Å². The van der Waals surface area contributed by atoms with E-state index in [0.717, 1.165) is 52.2 Å². The van der Waals surface area contributed by atoms with Gasteiger partial charge >= 0.3 is 0 Å². The molecule has 0 spiro atoms. The molecule has 0 radical (unpaired) electrons. The Balaban J connectivity index is 1.35. The van der Waals surface area contributed by atoms with Gasteiger partial charge in [-0.05, 0) is 54.9 Å². The molecule has 0 fully saturated rings. The van der Waals surface area contributed by atoms with Crippen molar-refractivity contribution in [3.63, 3.8) is 0 Å². The van der Waals surface area contributed by atoms with E-state index in [-0.39, 0.29) is 5.91 Å². The molecular formula is C31H28ClN7O2. The molecule has 0 saturated carbocycles. The van der Waals surface area contributed by atoms with Gasteiger partial charge in [0.2, 0.25) is 5.89 Å². The summed E-state index contributed by atoms with van der Waals surface area (Å²) in [7, 11) is 3.92. The Hall–Kier alpha value is -4.49. The largest absolute Gasteiger partial charge is 0.435 e. The van der Waals surface area contributed by atoms with E-state index in [1.165, 1.54) is 0 Å². The molecule has 3 heterocycles. The van der Waals surface area contributed by atoms with Crippen LogP contribution in [0, 0.1) is 18.3 Å². The second-order valence-electron chi connectivity index (χ2n) is 10.3. The molecule has 1 aliphatic rings. The normalized spacial score (nSPS) is 13.3. The van der Waals surface area contributed by atoms with Crippen molar-refractivity contribution in [2.75, 3.05) is 18.9 Å². The van der Waals surface area contributed by atoms with Crippen LogP contribution in [0.15, 0.2) is 52.9 Å². The second-order valence-corrected chi connectivity index (χ2v) is 10.7. The topological polar surface area (TPSA) is 126 Å². The van der Waals surface area contributed by atoms with E-state index in [0.29, 0.717) is 52.2 Å². The fourth-order valence-electron chi connectivity index (χ4n) is 5.44. The van der Waals surface area contributed by atoms with Crippen LogP contribution in [-0.4, -0.2) is 38.9 Å². The van der Waals surface area contributed by atoms with Gasteiger partial charge in [-0.15, -0.1) is 0 Å². The molecule has 9 nitrogen and oxygen atoms in total. The molecule has 0 unspecified atom stereocenters. The van der Waals surface area contributed by atoms with Gasteiger partial charge in [-0.3, -0.25) is 4.79 Å². The highest BCUT2D eigenvalue weighted by Gasteiger charge is 2.25. The Morgan fingerprint density at radius 2 is 1.90 bits per heavy atom. The average molecular weight is 566 g/mol. The SMILES string of the molecule is Cc1c(-c2nc3cc(CN)cc(C#N)c3o2)cccc1-c1cccc(NC(=O)c2nc3c(n2C)CCN(C)C3)c1Cl. The monoisotopic (exact) mass is 565 g/mol. The van der Waals surface area contributed by atoms with Crippen molar-refractivity contribution in [2.45, 2.75) is 26.4 Å². The number of nitrogens with two attached hydrogens (primary N) is 1. The summed E-state index contributed by atoms with van der Waals surface area (Å²) in [6.07, 6.45) is 0.848. The van der Waals surface area contributed by atoms with Crippen molar-refractivity contribution < 1.29 is 9.21 Å². The number of rotatable bonds is 5. The van der Waals surface area contributed by atoms with Gasteiger partial charge in [-0.2, -0.15) is 5.26 Å². The molecule has 0 aliphatic carbocycles. The van der Waals surface area contributed by atoms with Crippen LogP contribution in [0.1, 0.15) is 38.7 Å². The molecule has 2 aromatic heterocycles. The van der Waals surface area contributed by atoms with Gasteiger partial charge in [0.05, 0.1) is 22.0 Å². The summed E-state index contributed by atoms with van der Waals surface area (Å²) in [5, 5.41) is 13.0. The van der Waals surface area contributed by atoms with E-state index in [4.69, 9.17) is 21.8 Å². The Kier molecular flexibility index (Phi) is 6.83. The number of carbonyl (C=O) groups is 1. The van der Waals surface area contributed by atoms with Crippen LogP contribution in [0.2, 0.25) is 5.02 Å². The molecule has 0 atom stereocenters. The van der Waals surface area contributed by atoms with E-state index in [2.05, 4.69) is 26.3 Å². The lowest BCUT2D eigenvalue weighted by Crippen LogP contribution is -2.27. The molecule has 10 heteroatoms. The molecule has 5 aromatic rings. The minimum Gasteiger partial charge on any atom is -0.435 e. The van der Waals surface area contributed by atoms with Crippen LogP contribution in [0.5, 0.6) is 0 Å². The number of hydrogen-bond acceptors (Lipinski definition) is 7. The van der Waals surface area contributed by atoms with Gasteiger partial charge in [0.25, 0.3) is 5.91 Å². The first kappa shape index (κ1) is 26.7. The maximum Gasteiger partial charge on any atom is 0.291 e. The molecule has 206 valence electrons. The minimum atomic E-state index is -0.314. The minimum absolute atomic E-state index is 0.298. The van der Waals surface area contributed by atoms with E-state index >= 15 is 0 Å². The Labute approximate surface area is 242 Å². The van der Waals surface area contributed by atoms with Crippen LogP contribution in [-0.2, 0) is 26.6 Å². The van der Waals surface area contributed by atoms with Crippen LogP contribution in [0.4, 0.5) is 5.69 Å². The molecule has 3 N–H and O–H groups in total. The summed E-state index contributed by atoms with van der Waals surface area (Å²) in [6.45, 7) is 3.91. The van der Waals surface area contributed by atoms with E-state index in [1.54, 1.807) is 12.1 Å². The summed E-state index contributed by atoms with van der Waals surface area (Å²) in [6, 6.07) is 17.1. The highest BCUT2D eigenvalue weighted by Crippen LogP contribution is 2.39. The Morgan fingerprint density at radius 1 is 1.15 bits per heavy atom. The lowest BCUT2D eigenvalue weighted by atomic mass is 9.96. The Morgan fingerprint density at radius 3 is 2.68 bits per heavy atom. The number of aromatic nitrogens is 3. The summed E-state index contributed by atoms with van der Waals surface area (Å²) < 4.78 is 7.95. The molecule has 0 saturated heterocycles. The summed E-state index contributed by atoms with van der Waals surface area (Å²) in [4.78, 5) is 24.8. The highest BCUT2D eigenvalue weighted by molar-refractivity contribution is 6.36. The lowest BCUT2D eigenvalue weighted by molar-refractivity contribution is 0.101. The van der Waals surface area contributed by atoms with Crippen LogP contribution in [0.25, 0.3) is 33.7 Å². The molecule has 3 aromatic carbocycles. The summed E-state index contributed by atoms with van der Waals surface area (Å²) in [5.74, 6) is 0.441. The van der Waals surface area contributed by atoms with Gasteiger partial charge in [-0.1, -0.05) is 35.9 Å². The third-order valence-electron chi connectivity index (χ3n) is 7.66. The van der Waals surface area contributed by atoms with E-state index in [1.807, 2.05) is 62.0 Å². The van der Waals surface area contributed by atoms with Gasteiger partial charge in [0, 0.05) is 49.9 Å². The third kappa shape index (κ3) is 4.66. The number of oxazole rings is 1. The average Bonchev–Trinajstić information content (AvgIpc) is 3.54. The third-order valence-corrected chi connectivity index (χ3v) is 8.06. The van der Waals surface area contributed by atoms with Crippen molar-refractivity contribution in [3.05, 3.63) is 87.5 Å². The van der Waals surface area contributed by atoms with Gasteiger partial charge in [0.1, 0.15) is 11.6 Å². The number of fused-ring (bicyclic) bond motifs is 2. The van der Waals surface area contributed by atoms with E-state index in [9.17, 15) is 10.1 Å². The highest BCUT2D eigenvalue weighted by atomic mass is 35.5. The zero-order chi connectivity index (χ0) is 28.8. The number of carbonyl (C=O) groups excluding carboxylic acids is 1. The number of halogens is 1. The summed E-state index contributed by atoms with van der Waals surface area (Å²) >= 11 is 6.91. The first-order chi connectivity index (χ1) is 19.8. The van der Waals surface area contributed by atoms with Gasteiger partial charge in [-0.25, -0.2) is 9.97 Å².